The van der Waals surface area contributed by atoms with Crippen LogP contribution in [0.2, 0.25) is 0 Å². The van der Waals surface area contributed by atoms with Gasteiger partial charge in [-0.3, -0.25) is 9.59 Å². The van der Waals surface area contributed by atoms with Gasteiger partial charge in [-0.2, -0.15) is 5.10 Å². The van der Waals surface area contributed by atoms with Crippen molar-refractivity contribution in [2.45, 2.75) is 26.3 Å². The predicted molar refractivity (Wildman–Crippen MR) is 144 cm³/mol. The number of likely N-dealkylation sites (tertiary alicyclic amines) is 1. The molecule has 37 heavy (non-hydrogen) atoms. The monoisotopic (exact) mass is 498 g/mol. The molecule has 4 aromatic rings. The summed E-state index contributed by atoms with van der Waals surface area (Å²) in [6.07, 6.45) is 8.03. The van der Waals surface area contributed by atoms with Crippen LogP contribution in [0.4, 0.5) is 11.6 Å². The minimum atomic E-state index is -0.220. The summed E-state index contributed by atoms with van der Waals surface area (Å²) in [5, 5.41) is 8.45. The van der Waals surface area contributed by atoms with Gasteiger partial charge >= 0.3 is 0 Å². The third-order valence-electron chi connectivity index (χ3n) is 6.08. The van der Waals surface area contributed by atoms with Crippen molar-refractivity contribution in [3.8, 4) is 11.3 Å². The summed E-state index contributed by atoms with van der Waals surface area (Å²) >= 11 is 0. The second-order valence-corrected chi connectivity index (χ2v) is 8.87. The minimum absolute atomic E-state index is 0.220. The predicted octanol–water partition coefficient (Wildman–Crippen LogP) is 3.67. The van der Waals surface area contributed by atoms with E-state index in [4.69, 9.17) is 10.8 Å². The number of benzene rings is 1. The van der Waals surface area contributed by atoms with E-state index >= 15 is 0 Å². The largest absolute Gasteiger partial charge is 0.383 e. The van der Waals surface area contributed by atoms with E-state index in [0.29, 0.717) is 17.2 Å². The lowest BCUT2D eigenvalue weighted by atomic mass is 10.1. The highest BCUT2D eigenvalue weighted by Gasteiger charge is 2.26. The molecule has 0 spiro atoms. The highest BCUT2D eigenvalue weighted by atomic mass is 16.1. The Hall–Kier alpha value is -4.44. The molecule has 1 unspecified atom stereocenters. The molecule has 3 aromatic heterocycles. The van der Waals surface area contributed by atoms with Crippen LogP contribution in [-0.2, 0) is 4.79 Å². The first-order chi connectivity index (χ1) is 17.9. The van der Waals surface area contributed by atoms with Crippen LogP contribution >= 0.6 is 0 Å². The van der Waals surface area contributed by atoms with E-state index in [9.17, 15) is 9.59 Å². The molecule has 4 heterocycles. The number of rotatable bonds is 5. The van der Waals surface area contributed by atoms with Crippen molar-refractivity contribution in [1.82, 2.24) is 29.6 Å². The van der Waals surface area contributed by atoms with Gasteiger partial charge in [-0.15, -0.1) is 0 Å². The highest BCUT2D eigenvalue weighted by Crippen LogP contribution is 2.33. The molecule has 1 amide bonds. The number of fused-ring (bicyclic) bond motifs is 1. The number of aryl methyl sites for hydroxylation is 1. The Morgan fingerprint density at radius 3 is 2.57 bits per heavy atom. The number of likely N-dealkylation sites (N-methyl/N-ethyl adjacent to an activating group) is 1. The number of anilines is 2. The van der Waals surface area contributed by atoms with Crippen molar-refractivity contribution in [3.63, 3.8) is 0 Å². The number of nitrogens with one attached hydrogen (secondary N) is 1. The Balaban J connectivity index is 0.000000586. The Kier molecular flexibility index (Phi) is 7.99. The third kappa shape index (κ3) is 5.87. The number of carbonyl (C=O) groups is 2. The van der Waals surface area contributed by atoms with Crippen LogP contribution in [0.15, 0.2) is 61.1 Å². The first kappa shape index (κ1) is 25.6. The topological polar surface area (TPSA) is 132 Å². The average molecular weight is 499 g/mol. The summed E-state index contributed by atoms with van der Waals surface area (Å²) in [7, 11) is 2.10. The molecule has 10 heteroatoms. The van der Waals surface area contributed by atoms with Gasteiger partial charge in [0, 0.05) is 30.4 Å². The zero-order valence-corrected chi connectivity index (χ0v) is 21.1. The zero-order chi connectivity index (χ0) is 26.4. The second-order valence-electron chi connectivity index (χ2n) is 8.87. The van der Waals surface area contributed by atoms with Gasteiger partial charge in [0.1, 0.15) is 29.9 Å². The molecule has 0 bridgehead atoms. The van der Waals surface area contributed by atoms with E-state index < -0.39 is 0 Å². The van der Waals surface area contributed by atoms with Crippen molar-refractivity contribution in [2.24, 2.45) is 0 Å². The third-order valence-corrected chi connectivity index (χ3v) is 6.08. The molecule has 3 N–H and O–H groups in total. The molecular formula is C27H30N8O2. The summed E-state index contributed by atoms with van der Waals surface area (Å²) in [4.78, 5) is 37.1. The number of nitrogens with two attached hydrogens (primary N) is 1. The van der Waals surface area contributed by atoms with Gasteiger partial charge in [0.05, 0.1) is 11.4 Å². The van der Waals surface area contributed by atoms with Crippen LogP contribution in [0.1, 0.15) is 35.3 Å². The van der Waals surface area contributed by atoms with E-state index in [-0.39, 0.29) is 11.9 Å². The van der Waals surface area contributed by atoms with E-state index in [0.717, 1.165) is 53.7 Å². The number of nitrogens with zero attached hydrogens (tertiary/aromatic N) is 6. The molecule has 0 radical (unpaired) electrons. The van der Waals surface area contributed by atoms with Crippen LogP contribution in [0.5, 0.6) is 0 Å². The van der Waals surface area contributed by atoms with Gasteiger partial charge in [0.15, 0.2) is 5.65 Å². The molecule has 1 aliphatic heterocycles. The number of carbonyl (C=O) groups excluding carboxylic acids is 2. The van der Waals surface area contributed by atoms with Crippen LogP contribution in [0.25, 0.3) is 22.3 Å². The molecule has 1 atom stereocenters. The Labute approximate surface area is 215 Å². The van der Waals surface area contributed by atoms with Crippen LogP contribution in [-0.4, -0.2) is 62.0 Å². The highest BCUT2D eigenvalue weighted by molar-refractivity contribution is 6.04. The van der Waals surface area contributed by atoms with Crippen molar-refractivity contribution in [1.29, 1.82) is 0 Å². The standard InChI is InChI=1S/C23H24N8O.C4H6O/c1-14-7-9-25-18(11-14)28-23(32)16-5-3-15(4-6-16)20-19-21(24)26-13-27-22(19)31(29-20)17-8-10-30(2)12-17;1-2-3-4-5/h3-7,9,11,13,17H,8,10,12H2,1-2H3,(H2,24,26,27)(H,25,28,32);2-4H,1H3/b;3-2+. The first-order valence-corrected chi connectivity index (χ1v) is 12.0. The summed E-state index contributed by atoms with van der Waals surface area (Å²) in [6.45, 7) is 5.68. The van der Waals surface area contributed by atoms with Crippen molar-refractivity contribution in [2.75, 3.05) is 31.2 Å². The molecule has 0 aliphatic carbocycles. The molecule has 1 saturated heterocycles. The number of hydrogen-bond donors (Lipinski definition) is 2. The maximum Gasteiger partial charge on any atom is 0.256 e. The lowest BCUT2D eigenvalue weighted by Gasteiger charge is -2.11. The molecule has 0 saturated carbocycles. The smallest absolute Gasteiger partial charge is 0.256 e. The molecular weight excluding hydrogens is 468 g/mol. The normalized spacial score (nSPS) is 15.5. The average Bonchev–Trinajstić information content (AvgIpc) is 3.49. The molecule has 1 aliphatic rings. The van der Waals surface area contributed by atoms with E-state index in [1.54, 1.807) is 31.3 Å². The fourth-order valence-electron chi connectivity index (χ4n) is 4.21. The number of aldehydes is 1. The number of nitrogen functional groups attached to an aromatic ring is 1. The summed E-state index contributed by atoms with van der Waals surface area (Å²) in [5.74, 6) is 0.701. The number of hydrogen-bond acceptors (Lipinski definition) is 8. The fourth-order valence-corrected chi connectivity index (χ4v) is 4.21. The zero-order valence-electron chi connectivity index (χ0n) is 21.1. The minimum Gasteiger partial charge on any atom is -0.383 e. The number of aromatic nitrogens is 5. The lowest BCUT2D eigenvalue weighted by molar-refractivity contribution is -0.104. The van der Waals surface area contributed by atoms with E-state index in [1.165, 1.54) is 12.4 Å². The van der Waals surface area contributed by atoms with Gasteiger partial charge in [-0.25, -0.2) is 19.6 Å². The Morgan fingerprint density at radius 2 is 1.95 bits per heavy atom. The van der Waals surface area contributed by atoms with Crippen molar-refractivity contribution in [3.05, 3.63) is 72.2 Å². The van der Waals surface area contributed by atoms with Gasteiger partial charge < -0.3 is 16.0 Å². The molecule has 1 aromatic carbocycles. The van der Waals surface area contributed by atoms with Crippen LogP contribution < -0.4 is 11.1 Å². The lowest BCUT2D eigenvalue weighted by Crippen LogP contribution is -2.17. The second kappa shape index (κ2) is 11.5. The molecule has 1 fully saturated rings. The molecule has 190 valence electrons. The van der Waals surface area contributed by atoms with Gasteiger partial charge in [-0.1, -0.05) is 18.2 Å². The Bertz CT molecular complexity index is 1430. The first-order valence-electron chi connectivity index (χ1n) is 12.0. The number of allylic oxidation sites excluding steroid dienone is 2. The van der Waals surface area contributed by atoms with E-state index in [1.807, 2.05) is 35.9 Å². The quantitative estimate of drug-likeness (QED) is 0.315. The maximum atomic E-state index is 12.6. The van der Waals surface area contributed by atoms with Crippen molar-refractivity contribution < 1.29 is 9.59 Å². The van der Waals surface area contributed by atoms with Gasteiger partial charge in [-0.05, 0) is 63.2 Å². The molecule has 10 nitrogen and oxygen atoms in total. The summed E-state index contributed by atoms with van der Waals surface area (Å²) < 4.78 is 1.97. The fraction of sp³-hybridized carbons (Fsp3) is 0.259. The van der Waals surface area contributed by atoms with E-state index in [2.05, 4.69) is 32.2 Å². The summed E-state index contributed by atoms with van der Waals surface area (Å²) in [6, 6.07) is 11.2. The Morgan fingerprint density at radius 1 is 1.16 bits per heavy atom. The number of pyridine rings is 1. The van der Waals surface area contributed by atoms with Gasteiger partial charge in [0.2, 0.25) is 0 Å². The van der Waals surface area contributed by atoms with Crippen LogP contribution in [0.3, 0.4) is 0 Å². The number of amides is 1. The molecule has 5 rings (SSSR count). The van der Waals surface area contributed by atoms with Crippen LogP contribution in [0, 0.1) is 6.92 Å². The SMILES string of the molecule is C/C=C/C=O.Cc1ccnc(NC(=O)c2ccc(-c3nn(C4CCN(C)C4)c4ncnc(N)c34)cc2)c1. The summed E-state index contributed by atoms with van der Waals surface area (Å²) in [5.41, 5.74) is 10.1. The maximum absolute atomic E-state index is 12.6. The van der Waals surface area contributed by atoms with Crippen molar-refractivity contribution >= 4 is 34.9 Å². The van der Waals surface area contributed by atoms with Gasteiger partial charge in [0.25, 0.3) is 5.91 Å².